The third-order valence-electron chi connectivity index (χ3n) is 3.14. The Morgan fingerprint density at radius 1 is 1.26 bits per heavy atom. The molecule has 0 saturated carbocycles. The fraction of sp³-hybridized carbons (Fsp3) is 0.312. The van der Waals surface area contributed by atoms with Gasteiger partial charge in [0.15, 0.2) is 5.56 Å². The Kier molecular flexibility index (Phi) is 5.48. The molecule has 1 aromatic heterocycles. The van der Waals surface area contributed by atoms with E-state index < -0.39 is 5.97 Å². The number of aromatic carboxylic acids is 1. The Hall–Kier alpha value is -2.67. The topological polar surface area (TPSA) is 108 Å². The molecule has 2 aromatic rings. The van der Waals surface area contributed by atoms with Gasteiger partial charge < -0.3 is 20.3 Å². The molecule has 1 heterocycles. The van der Waals surface area contributed by atoms with Crippen LogP contribution in [-0.2, 0) is 6.42 Å². The first-order valence-corrected chi connectivity index (χ1v) is 7.09. The van der Waals surface area contributed by atoms with Gasteiger partial charge >= 0.3 is 5.97 Å². The predicted octanol–water partition coefficient (Wildman–Crippen LogP) is 1.44. The van der Waals surface area contributed by atoms with Crippen LogP contribution >= 0.6 is 0 Å². The summed E-state index contributed by atoms with van der Waals surface area (Å²) in [5, 5.41) is 9.30. The molecule has 3 N–H and O–H groups in total. The lowest BCUT2D eigenvalue weighted by Gasteiger charge is -2.15. The molecule has 122 valence electrons. The second-order valence-corrected chi connectivity index (χ2v) is 5.03. The van der Waals surface area contributed by atoms with E-state index in [1.165, 1.54) is 7.11 Å². The van der Waals surface area contributed by atoms with Crippen molar-refractivity contribution in [2.24, 2.45) is 5.73 Å². The molecule has 0 aliphatic rings. The van der Waals surface area contributed by atoms with Crippen molar-refractivity contribution in [1.29, 1.82) is 0 Å². The molecule has 1 aromatic carbocycles. The number of carbonyl (C=O) groups is 1. The summed E-state index contributed by atoms with van der Waals surface area (Å²) in [7, 11) is 1.35. The molecule has 2 rings (SSSR count). The van der Waals surface area contributed by atoms with Crippen LogP contribution in [0.4, 0.5) is 0 Å². The summed E-state index contributed by atoms with van der Waals surface area (Å²) in [6.45, 7) is 1.76. The first kappa shape index (κ1) is 16.7. The zero-order chi connectivity index (χ0) is 16.8. The molecule has 0 amide bonds. The molecular formula is C16H19N3O4. The van der Waals surface area contributed by atoms with Crippen molar-refractivity contribution < 1.29 is 19.4 Å². The number of nitrogens with zero attached hydrogens (tertiary/aromatic N) is 2. The number of rotatable bonds is 7. The largest absolute Gasteiger partial charge is 0.480 e. The van der Waals surface area contributed by atoms with Gasteiger partial charge in [0, 0.05) is 6.04 Å². The van der Waals surface area contributed by atoms with Crippen molar-refractivity contribution in [3.8, 4) is 11.8 Å². The van der Waals surface area contributed by atoms with Gasteiger partial charge in [-0.1, -0.05) is 30.3 Å². The smallest absolute Gasteiger partial charge is 0.346 e. The summed E-state index contributed by atoms with van der Waals surface area (Å²) < 4.78 is 10.5. The summed E-state index contributed by atoms with van der Waals surface area (Å²) in [4.78, 5) is 19.4. The summed E-state index contributed by atoms with van der Waals surface area (Å²) in [6.07, 6.45) is 0.616. The first-order chi connectivity index (χ1) is 11.0. The molecule has 0 fully saturated rings. The van der Waals surface area contributed by atoms with Gasteiger partial charge in [-0.2, -0.15) is 9.97 Å². The van der Waals surface area contributed by atoms with E-state index in [0.717, 1.165) is 5.56 Å². The molecule has 7 heteroatoms. The maximum Gasteiger partial charge on any atom is 0.346 e. The molecule has 0 aliphatic heterocycles. The molecule has 1 unspecified atom stereocenters. The van der Waals surface area contributed by atoms with Gasteiger partial charge in [-0.25, -0.2) is 4.79 Å². The van der Waals surface area contributed by atoms with Crippen LogP contribution in [-0.4, -0.2) is 40.8 Å². The quantitative estimate of drug-likeness (QED) is 0.795. The van der Waals surface area contributed by atoms with Gasteiger partial charge in [0.1, 0.15) is 12.4 Å². The molecule has 0 saturated heterocycles. The lowest BCUT2D eigenvalue weighted by atomic mass is 10.1. The molecule has 0 bridgehead atoms. The van der Waals surface area contributed by atoms with E-state index in [4.69, 9.17) is 15.2 Å². The lowest BCUT2D eigenvalue weighted by Crippen LogP contribution is -2.30. The van der Waals surface area contributed by atoms with E-state index in [-0.39, 0.29) is 30.0 Å². The molecule has 0 spiro atoms. The highest BCUT2D eigenvalue weighted by molar-refractivity contribution is 5.92. The maximum atomic E-state index is 11.4. The number of ether oxygens (including phenoxy) is 2. The molecular weight excluding hydrogens is 298 g/mol. The highest BCUT2D eigenvalue weighted by Gasteiger charge is 2.22. The minimum Gasteiger partial charge on any atom is -0.480 e. The van der Waals surface area contributed by atoms with E-state index in [2.05, 4.69) is 9.97 Å². The van der Waals surface area contributed by atoms with Crippen LogP contribution in [0.5, 0.6) is 11.8 Å². The Morgan fingerprint density at radius 2 is 1.91 bits per heavy atom. The number of aromatic nitrogens is 2. The van der Waals surface area contributed by atoms with Crippen molar-refractivity contribution in [2.45, 2.75) is 19.4 Å². The predicted molar refractivity (Wildman–Crippen MR) is 83.9 cm³/mol. The van der Waals surface area contributed by atoms with Gasteiger partial charge in [-0.05, 0) is 18.9 Å². The summed E-state index contributed by atoms with van der Waals surface area (Å²) >= 11 is 0. The van der Waals surface area contributed by atoms with Crippen LogP contribution in [0.15, 0.2) is 30.3 Å². The van der Waals surface area contributed by atoms with Crippen molar-refractivity contribution in [3.63, 3.8) is 0 Å². The SMILES string of the molecule is COc1nc(C)nc(OCC(N)Cc2ccccc2)c1C(=O)O. The van der Waals surface area contributed by atoms with E-state index >= 15 is 0 Å². The fourth-order valence-corrected chi connectivity index (χ4v) is 2.12. The Balaban J connectivity index is 2.10. The van der Waals surface area contributed by atoms with Crippen molar-refractivity contribution >= 4 is 5.97 Å². The number of aryl methyl sites for hydroxylation is 1. The molecule has 7 nitrogen and oxygen atoms in total. The highest BCUT2D eigenvalue weighted by Crippen LogP contribution is 2.25. The first-order valence-electron chi connectivity index (χ1n) is 7.09. The van der Waals surface area contributed by atoms with Crippen molar-refractivity contribution in [1.82, 2.24) is 9.97 Å². The molecule has 23 heavy (non-hydrogen) atoms. The van der Waals surface area contributed by atoms with Crippen LogP contribution in [0.25, 0.3) is 0 Å². The number of hydrogen-bond acceptors (Lipinski definition) is 6. The number of methoxy groups -OCH3 is 1. The van der Waals surface area contributed by atoms with Crippen LogP contribution < -0.4 is 15.2 Å². The van der Waals surface area contributed by atoms with Crippen molar-refractivity contribution in [3.05, 3.63) is 47.3 Å². The number of nitrogens with two attached hydrogens (primary N) is 1. The average molecular weight is 317 g/mol. The summed E-state index contributed by atoms with van der Waals surface area (Å²) in [5.74, 6) is -0.922. The van der Waals surface area contributed by atoms with E-state index in [1.807, 2.05) is 30.3 Å². The van der Waals surface area contributed by atoms with Crippen LogP contribution in [0.1, 0.15) is 21.7 Å². The zero-order valence-electron chi connectivity index (χ0n) is 13.0. The normalized spacial score (nSPS) is 11.8. The number of hydrogen-bond donors (Lipinski definition) is 2. The Morgan fingerprint density at radius 3 is 2.52 bits per heavy atom. The standard InChI is InChI=1S/C16H19N3O4/c1-10-18-14(22-2)13(16(20)21)15(19-10)23-9-12(17)8-11-6-4-3-5-7-11/h3-7,12H,8-9,17H2,1-2H3,(H,20,21). The number of benzene rings is 1. The van der Waals surface area contributed by atoms with Crippen LogP contribution in [0, 0.1) is 6.92 Å². The van der Waals surface area contributed by atoms with Crippen LogP contribution in [0.3, 0.4) is 0 Å². The fourth-order valence-electron chi connectivity index (χ4n) is 2.12. The minimum atomic E-state index is -1.21. The van der Waals surface area contributed by atoms with E-state index in [9.17, 15) is 9.90 Å². The Bertz CT molecular complexity index is 677. The minimum absolute atomic E-state index is 0.0309. The monoisotopic (exact) mass is 317 g/mol. The summed E-state index contributed by atoms with van der Waals surface area (Å²) in [5.41, 5.74) is 6.92. The third kappa shape index (κ3) is 4.40. The van der Waals surface area contributed by atoms with Gasteiger partial charge in [0.2, 0.25) is 11.8 Å². The third-order valence-corrected chi connectivity index (χ3v) is 3.14. The maximum absolute atomic E-state index is 11.4. The van der Waals surface area contributed by atoms with E-state index in [0.29, 0.717) is 12.2 Å². The van der Waals surface area contributed by atoms with Crippen LogP contribution in [0.2, 0.25) is 0 Å². The highest BCUT2D eigenvalue weighted by atomic mass is 16.5. The van der Waals surface area contributed by atoms with Gasteiger partial charge in [-0.3, -0.25) is 0 Å². The molecule has 0 radical (unpaired) electrons. The van der Waals surface area contributed by atoms with E-state index in [1.54, 1.807) is 6.92 Å². The lowest BCUT2D eigenvalue weighted by molar-refractivity contribution is 0.0685. The van der Waals surface area contributed by atoms with Gasteiger partial charge in [-0.15, -0.1) is 0 Å². The number of carboxylic acids is 1. The number of carboxylic acid groups (broad SMARTS) is 1. The van der Waals surface area contributed by atoms with Gasteiger partial charge in [0.25, 0.3) is 0 Å². The second-order valence-electron chi connectivity index (χ2n) is 5.03. The molecule has 0 aliphatic carbocycles. The summed E-state index contributed by atoms with van der Waals surface area (Å²) in [6, 6.07) is 9.45. The van der Waals surface area contributed by atoms with Gasteiger partial charge in [0.05, 0.1) is 7.11 Å². The Labute approximate surface area is 134 Å². The zero-order valence-corrected chi connectivity index (χ0v) is 13.0. The molecule has 1 atom stereocenters. The van der Waals surface area contributed by atoms with Crippen molar-refractivity contribution in [2.75, 3.05) is 13.7 Å². The second kappa shape index (κ2) is 7.55. The average Bonchev–Trinajstić information content (AvgIpc) is 2.52.